The first-order valence-corrected chi connectivity index (χ1v) is 10.1. The molecule has 2 rings (SSSR count). The molecule has 0 aliphatic carbocycles. The van der Waals surface area contributed by atoms with Gasteiger partial charge in [-0.1, -0.05) is 0 Å². The van der Waals surface area contributed by atoms with Crippen LogP contribution in [0.25, 0.3) is 0 Å². The number of aliphatic hydroxyl groups excluding tert-OH is 1. The number of rotatable bonds is 8. The Morgan fingerprint density at radius 2 is 2.00 bits per heavy atom. The Bertz CT molecular complexity index is 695. The standard InChI is InChI=1S/C15H26N3O7P/c1-9(2)24-26(21,25-10(3)4)8-23-11-7-22-14(13(11)19)18-6-5-12(16)17-15(18)20/h5-6,9-11,13-14,19H,7-8H2,1-4H3,(H2,16,17,20)/t11-,13+,14+/m0/s1. The van der Waals surface area contributed by atoms with E-state index in [4.69, 9.17) is 24.3 Å². The zero-order valence-electron chi connectivity index (χ0n) is 15.3. The Hall–Kier alpha value is -1.29. The van der Waals surface area contributed by atoms with E-state index in [0.717, 1.165) is 4.57 Å². The van der Waals surface area contributed by atoms with E-state index in [1.807, 2.05) is 0 Å². The zero-order chi connectivity index (χ0) is 19.5. The number of anilines is 1. The summed E-state index contributed by atoms with van der Waals surface area (Å²) in [7, 11) is -3.50. The summed E-state index contributed by atoms with van der Waals surface area (Å²) in [4.78, 5) is 15.5. The van der Waals surface area contributed by atoms with Gasteiger partial charge in [0.25, 0.3) is 0 Å². The average Bonchev–Trinajstić information content (AvgIpc) is 2.85. The van der Waals surface area contributed by atoms with Crippen LogP contribution in [0.1, 0.15) is 33.9 Å². The van der Waals surface area contributed by atoms with Gasteiger partial charge in [-0.05, 0) is 33.8 Å². The van der Waals surface area contributed by atoms with Gasteiger partial charge in [0.1, 0.15) is 24.4 Å². The molecule has 1 aliphatic rings. The van der Waals surface area contributed by atoms with Crippen LogP contribution < -0.4 is 11.4 Å². The fourth-order valence-corrected chi connectivity index (χ4v) is 4.33. The number of aliphatic hydroxyl groups is 1. The number of nitrogens with zero attached hydrogens (tertiary/aromatic N) is 2. The highest BCUT2D eigenvalue weighted by molar-refractivity contribution is 7.53. The van der Waals surface area contributed by atoms with Crippen molar-refractivity contribution in [2.24, 2.45) is 0 Å². The Labute approximate surface area is 151 Å². The molecule has 3 N–H and O–H groups in total. The quantitative estimate of drug-likeness (QED) is 0.624. The van der Waals surface area contributed by atoms with Gasteiger partial charge in [-0.15, -0.1) is 0 Å². The molecule has 1 fully saturated rings. The summed E-state index contributed by atoms with van der Waals surface area (Å²) in [5.74, 6) is 0.0733. The van der Waals surface area contributed by atoms with E-state index in [2.05, 4.69) is 4.98 Å². The molecular formula is C15H26N3O7P. The molecule has 0 bridgehead atoms. The average molecular weight is 391 g/mol. The lowest BCUT2D eigenvalue weighted by atomic mass is 10.2. The Balaban J connectivity index is 2.04. The highest BCUT2D eigenvalue weighted by atomic mass is 31.2. The minimum Gasteiger partial charge on any atom is -0.386 e. The third-order valence-corrected chi connectivity index (χ3v) is 5.37. The smallest absolute Gasteiger partial charge is 0.356 e. The Morgan fingerprint density at radius 3 is 2.54 bits per heavy atom. The van der Waals surface area contributed by atoms with Crippen LogP contribution in [0.5, 0.6) is 0 Å². The van der Waals surface area contributed by atoms with Gasteiger partial charge in [0, 0.05) is 6.20 Å². The van der Waals surface area contributed by atoms with E-state index in [1.54, 1.807) is 27.7 Å². The Morgan fingerprint density at radius 1 is 1.38 bits per heavy atom. The molecule has 148 valence electrons. The molecule has 10 nitrogen and oxygen atoms in total. The largest absolute Gasteiger partial charge is 0.386 e. The third kappa shape index (κ3) is 5.35. The van der Waals surface area contributed by atoms with Crippen molar-refractivity contribution in [3.8, 4) is 0 Å². The lowest BCUT2D eigenvalue weighted by Gasteiger charge is -2.25. The molecule has 11 heteroatoms. The van der Waals surface area contributed by atoms with Crippen molar-refractivity contribution in [3.05, 3.63) is 22.7 Å². The SMILES string of the molecule is CC(C)OP(=O)(CO[C@H]1CO[C@@H](n2ccc(N)nc2=O)[C@@H]1O)OC(C)C. The van der Waals surface area contributed by atoms with E-state index >= 15 is 0 Å². The van der Waals surface area contributed by atoms with Crippen molar-refractivity contribution in [1.29, 1.82) is 0 Å². The second-order valence-electron chi connectivity index (χ2n) is 6.51. The molecule has 0 radical (unpaired) electrons. The molecular weight excluding hydrogens is 365 g/mol. The van der Waals surface area contributed by atoms with Crippen molar-refractivity contribution >= 4 is 13.4 Å². The summed E-state index contributed by atoms with van der Waals surface area (Å²) in [6.45, 7) is 6.95. The second kappa shape index (κ2) is 8.60. The van der Waals surface area contributed by atoms with Gasteiger partial charge in [-0.25, -0.2) is 4.79 Å². The fourth-order valence-electron chi connectivity index (χ4n) is 2.50. The summed E-state index contributed by atoms with van der Waals surface area (Å²) in [6, 6.07) is 1.42. The van der Waals surface area contributed by atoms with Crippen LogP contribution in [0.3, 0.4) is 0 Å². The topological polar surface area (TPSA) is 135 Å². The van der Waals surface area contributed by atoms with Crippen LogP contribution in [0.4, 0.5) is 5.82 Å². The first-order valence-electron chi connectivity index (χ1n) is 8.33. The van der Waals surface area contributed by atoms with Gasteiger partial charge in [0.2, 0.25) is 0 Å². The molecule has 1 aliphatic heterocycles. The number of hydrogen-bond acceptors (Lipinski definition) is 9. The summed E-state index contributed by atoms with van der Waals surface area (Å²) in [5.41, 5.74) is 4.81. The lowest BCUT2D eigenvalue weighted by Crippen LogP contribution is -2.36. The van der Waals surface area contributed by atoms with E-state index in [0.29, 0.717) is 0 Å². The van der Waals surface area contributed by atoms with Crippen LogP contribution in [0.2, 0.25) is 0 Å². The predicted octanol–water partition coefficient (Wildman–Crippen LogP) is 1.10. The Kier molecular flexibility index (Phi) is 6.95. The van der Waals surface area contributed by atoms with Gasteiger partial charge in [0.15, 0.2) is 6.23 Å². The van der Waals surface area contributed by atoms with Gasteiger partial charge in [-0.2, -0.15) is 4.98 Å². The molecule has 1 aromatic rings. The molecule has 1 aromatic heterocycles. The summed E-state index contributed by atoms with van der Waals surface area (Å²) < 4.78 is 35.7. The van der Waals surface area contributed by atoms with Crippen molar-refractivity contribution in [3.63, 3.8) is 0 Å². The first kappa shape index (κ1) is 21.0. The molecule has 3 atom stereocenters. The third-order valence-electron chi connectivity index (χ3n) is 3.42. The van der Waals surface area contributed by atoms with Crippen LogP contribution in [-0.2, 0) is 23.1 Å². The van der Waals surface area contributed by atoms with Gasteiger partial charge < -0.3 is 29.4 Å². The zero-order valence-corrected chi connectivity index (χ0v) is 16.2. The molecule has 1 saturated heterocycles. The van der Waals surface area contributed by atoms with E-state index in [9.17, 15) is 14.5 Å². The normalized spacial score (nSPS) is 23.9. The van der Waals surface area contributed by atoms with Crippen molar-refractivity contribution in [1.82, 2.24) is 9.55 Å². The van der Waals surface area contributed by atoms with Gasteiger partial charge >= 0.3 is 13.3 Å². The van der Waals surface area contributed by atoms with Crippen molar-refractivity contribution < 1.29 is 28.2 Å². The maximum absolute atomic E-state index is 12.8. The molecule has 26 heavy (non-hydrogen) atoms. The number of ether oxygens (including phenoxy) is 2. The molecule has 0 unspecified atom stereocenters. The van der Waals surface area contributed by atoms with Crippen LogP contribution in [-0.4, -0.2) is 52.0 Å². The monoisotopic (exact) mass is 391 g/mol. The summed E-state index contributed by atoms with van der Waals surface area (Å²) >= 11 is 0. The van der Waals surface area contributed by atoms with E-state index < -0.39 is 31.7 Å². The lowest BCUT2D eigenvalue weighted by molar-refractivity contribution is -0.0335. The highest BCUT2D eigenvalue weighted by Gasteiger charge is 2.40. The minimum atomic E-state index is -3.50. The van der Waals surface area contributed by atoms with E-state index in [-0.39, 0.29) is 31.0 Å². The molecule has 2 heterocycles. The predicted molar refractivity (Wildman–Crippen MR) is 93.7 cm³/mol. The minimum absolute atomic E-state index is 0.00596. The summed E-state index contributed by atoms with van der Waals surface area (Å²) in [6.07, 6.45) is -2.53. The molecule has 0 saturated carbocycles. The molecule has 0 aromatic carbocycles. The van der Waals surface area contributed by atoms with Crippen molar-refractivity contribution in [2.75, 3.05) is 18.7 Å². The second-order valence-corrected chi connectivity index (χ2v) is 8.41. The number of hydrogen-bond donors (Lipinski definition) is 2. The maximum atomic E-state index is 12.8. The van der Waals surface area contributed by atoms with Gasteiger partial charge in [0.05, 0.1) is 18.8 Å². The fraction of sp³-hybridized carbons (Fsp3) is 0.733. The highest BCUT2D eigenvalue weighted by Crippen LogP contribution is 2.51. The van der Waals surface area contributed by atoms with Crippen LogP contribution in [0, 0.1) is 0 Å². The maximum Gasteiger partial charge on any atom is 0.356 e. The summed E-state index contributed by atoms with van der Waals surface area (Å²) in [5, 5.41) is 10.4. The van der Waals surface area contributed by atoms with Crippen molar-refractivity contribution in [2.45, 2.75) is 58.3 Å². The number of aromatic nitrogens is 2. The van der Waals surface area contributed by atoms with Crippen LogP contribution >= 0.6 is 7.60 Å². The first-order chi connectivity index (χ1) is 12.1. The van der Waals surface area contributed by atoms with Gasteiger partial charge in [-0.3, -0.25) is 9.13 Å². The van der Waals surface area contributed by atoms with Crippen LogP contribution in [0.15, 0.2) is 17.1 Å². The molecule has 0 spiro atoms. The molecule has 0 amide bonds. The van der Waals surface area contributed by atoms with E-state index in [1.165, 1.54) is 12.3 Å². The number of nitrogen functional groups attached to an aromatic ring is 1. The number of nitrogens with two attached hydrogens (primary N) is 1.